The van der Waals surface area contributed by atoms with E-state index >= 15 is 0 Å². The molecule has 2 amide bonds. The summed E-state index contributed by atoms with van der Waals surface area (Å²) in [6, 6.07) is 19.0. The second kappa shape index (κ2) is 8.58. The van der Waals surface area contributed by atoms with Gasteiger partial charge in [0.1, 0.15) is 5.75 Å². The number of aromatic hydroxyl groups is 1. The largest absolute Gasteiger partial charge is 0.508 e. The molecule has 5 nitrogen and oxygen atoms in total. The molecule has 0 unspecified atom stereocenters. The number of nitrogens with one attached hydrogen (secondary N) is 2. The minimum atomic E-state index is -0.380. The molecule has 0 spiro atoms. The molecule has 3 aromatic rings. The predicted molar refractivity (Wildman–Crippen MR) is 108 cm³/mol. The molecule has 0 aliphatic rings. The molecule has 0 aliphatic carbocycles. The van der Waals surface area contributed by atoms with Crippen molar-refractivity contribution in [2.75, 3.05) is 17.2 Å². The molecule has 0 saturated carbocycles. The standard InChI is InChI=1S/C21H19ClN2O3/c22-19-13-17(26)8-9-18(19)15-5-3-6-16(12-15)23-21(27)24-20-7-2-1-4-14(20)10-11-25/h1-9,12-13,25-26H,10-11H2,(H2,23,24,27). The van der Waals surface area contributed by atoms with Crippen LogP contribution in [0.2, 0.25) is 5.02 Å². The third-order valence-electron chi connectivity index (χ3n) is 4.03. The Labute approximate surface area is 162 Å². The minimum absolute atomic E-state index is 0.00967. The summed E-state index contributed by atoms with van der Waals surface area (Å²) in [4.78, 5) is 12.4. The Morgan fingerprint density at radius 3 is 2.56 bits per heavy atom. The van der Waals surface area contributed by atoms with Crippen LogP contribution < -0.4 is 10.6 Å². The van der Waals surface area contributed by atoms with E-state index < -0.39 is 0 Å². The zero-order valence-corrected chi connectivity index (χ0v) is 15.2. The number of phenols is 1. The maximum atomic E-state index is 12.4. The summed E-state index contributed by atoms with van der Waals surface area (Å²) >= 11 is 6.20. The fraction of sp³-hybridized carbons (Fsp3) is 0.0952. The van der Waals surface area contributed by atoms with Crippen molar-refractivity contribution in [1.82, 2.24) is 0 Å². The number of urea groups is 1. The number of rotatable bonds is 5. The first-order chi connectivity index (χ1) is 13.1. The molecular weight excluding hydrogens is 364 g/mol. The quantitative estimate of drug-likeness (QED) is 0.507. The molecule has 0 aromatic heterocycles. The summed E-state index contributed by atoms with van der Waals surface area (Å²) in [7, 11) is 0. The Kier molecular flexibility index (Phi) is 5.96. The zero-order chi connectivity index (χ0) is 19.2. The van der Waals surface area contributed by atoms with Gasteiger partial charge >= 0.3 is 6.03 Å². The van der Waals surface area contributed by atoms with Gasteiger partial charge in [-0.3, -0.25) is 0 Å². The topological polar surface area (TPSA) is 81.6 Å². The number of para-hydroxylation sites is 1. The second-order valence-electron chi connectivity index (χ2n) is 5.95. The molecule has 0 radical (unpaired) electrons. The van der Waals surface area contributed by atoms with Crippen molar-refractivity contribution in [3.8, 4) is 16.9 Å². The maximum Gasteiger partial charge on any atom is 0.323 e. The predicted octanol–water partition coefficient (Wildman–Crippen LogP) is 4.89. The van der Waals surface area contributed by atoms with E-state index in [-0.39, 0.29) is 18.4 Å². The van der Waals surface area contributed by atoms with E-state index in [2.05, 4.69) is 10.6 Å². The molecule has 0 atom stereocenters. The van der Waals surface area contributed by atoms with Crippen LogP contribution in [0.25, 0.3) is 11.1 Å². The Hall–Kier alpha value is -3.02. The summed E-state index contributed by atoms with van der Waals surface area (Å²) in [5, 5.41) is 24.7. The number of aliphatic hydroxyl groups excluding tert-OH is 1. The van der Waals surface area contributed by atoms with E-state index in [1.54, 1.807) is 30.3 Å². The van der Waals surface area contributed by atoms with Gasteiger partial charge in [0.2, 0.25) is 0 Å². The van der Waals surface area contributed by atoms with Crippen LogP contribution in [0.4, 0.5) is 16.2 Å². The highest BCUT2D eigenvalue weighted by molar-refractivity contribution is 6.33. The lowest BCUT2D eigenvalue weighted by molar-refractivity contribution is 0.262. The lowest BCUT2D eigenvalue weighted by Gasteiger charge is -2.12. The molecule has 3 aromatic carbocycles. The minimum Gasteiger partial charge on any atom is -0.508 e. The number of carbonyl (C=O) groups is 1. The summed E-state index contributed by atoms with van der Waals surface area (Å²) < 4.78 is 0. The van der Waals surface area contributed by atoms with Crippen LogP contribution >= 0.6 is 11.6 Å². The van der Waals surface area contributed by atoms with Crippen LogP contribution in [0.1, 0.15) is 5.56 Å². The second-order valence-corrected chi connectivity index (χ2v) is 6.36. The van der Waals surface area contributed by atoms with Crippen molar-refractivity contribution in [1.29, 1.82) is 0 Å². The van der Waals surface area contributed by atoms with Gasteiger partial charge in [-0.2, -0.15) is 0 Å². The van der Waals surface area contributed by atoms with Crippen molar-refractivity contribution in [2.45, 2.75) is 6.42 Å². The SMILES string of the molecule is O=C(Nc1cccc(-c2ccc(O)cc2Cl)c1)Nc1ccccc1CCO. The number of anilines is 2. The lowest BCUT2D eigenvalue weighted by Crippen LogP contribution is -2.20. The zero-order valence-electron chi connectivity index (χ0n) is 14.4. The summed E-state index contributed by atoms with van der Waals surface area (Å²) in [5.41, 5.74) is 3.70. The van der Waals surface area contributed by atoms with Gasteiger partial charge in [-0.05, 0) is 53.9 Å². The number of amides is 2. The average Bonchev–Trinajstić information content (AvgIpc) is 2.64. The van der Waals surface area contributed by atoms with E-state index in [0.717, 1.165) is 16.7 Å². The molecule has 6 heteroatoms. The van der Waals surface area contributed by atoms with Crippen LogP contribution in [-0.4, -0.2) is 22.9 Å². The molecule has 0 aliphatic heterocycles. The van der Waals surface area contributed by atoms with Crippen LogP contribution in [0, 0.1) is 0 Å². The number of hydrogen-bond acceptors (Lipinski definition) is 3. The van der Waals surface area contributed by atoms with Crippen LogP contribution in [0.3, 0.4) is 0 Å². The highest BCUT2D eigenvalue weighted by Crippen LogP contribution is 2.32. The number of phenolic OH excluding ortho intramolecular Hbond substituents is 1. The first-order valence-electron chi connectivity index (χ1n) is 8.42. The van der Waals surface area contributed by atoms with Gasteiger partial charge in [-0.1, -0.05) is 41.9 Å². The Bertz CT molecular complexity index is 960. The first-order valence-corrected chi connectivity index (χ1v) is 8.80. The summed E-state index contributed by atoms with van der Waals surface area (Å²) in [5.74, 6) is 0.0963. The fourth-order valence-corrected chi connectivity index (χ4v) is 3.05. The van der Waals surface area contributed by atoms with E-state index in [1.807, 2.05) is 30.3 Å². The summed E-state index contributed by atoms with van der Waals surface area (Å²) in [6.07, 6.45) is 0.464. The average molecular weight is 383 g/mol. The number of benzene rings is 3. The highest BCUT2D eigenvalue weighted by atomic mass is 35.5. The third-order valence-corrected chi connectivity index (χ3v) is 4.34. The summed E-state index contributed by atoms with van der Waals surface area (Å²) in [6.45, 7) is 0.00967. The molecule has 3 rings (SSSR count). The lowest BCUT2D eigenvalue weighted by atomic mass is 10.0. The molecule has 0 saturated heterocycles. The van der Waals surface area contributed by atoms with Crippen LogP contribution in [0.15, 0.2) is 66.7 Å². The Morgan fingerprint density at radius 2 is 1.78 bits per heavy atom. The molecule has 0 heterocycles. The van der Waals surface area contributed by atoms with E-state index in [4.69, 9.17) is 16.7 Å². The van der Waals surface area contributed by atoms with Gasteiger partial charge in [0, 0.05) is 23.5 Å². The molecular formula is C21H19ClN2O3. The van der Waals surface area contributed by atoms with Gasteiger partial charge in [0.15, 0.2) is 0 Å². The van der Waals surface area contributed by atoms with Crippen molar-refractivity contribution >= 4 is 29.0 Å². The van der Waals surface area contributed by atoms with E-state index in [9.17, 15) is 9.90 Å². The highest BCUT2D eigenvalue weighted by Gasteiger charge is 2.09. The van der Waals surface area contributed by atoms with Crippen LogP contribution in [0.5, 0.6) is 5.75 Å². The number of hydrogen-bond donors (Lipinski definition) is 4. The van der Waals surface area contributed by atoms with E-state index in [1.165, 1.54) is 6.07 Å². The Morgan fingerprint density at radius 1 is 0.963 bits per heavy atom. The molecule has 138 valence electrons. The van der Waals surface area contributed by atoms with Gasteiger partial charge in [-0.15, -0.1) is 0 Å². The molecule has 0 fully saturated rings. The number of aliphatic hydroxyl groups is 1. The molecule has 27 heavy (non-hydrogen) atoms. The van der Waals surface area contributed by atoms with Gasteiger partial charge < -0.3 is 20.8 Å². The van der Waals surface area contributed by atoms with E-state index in [0.29, 0.717) is 22.8 Å². The number of carbonyl (C=O) groups excluding carboxylic acids is 1. The Balaban J connectivity index is 1.76. The van der Waals surface area contributed by atoms with Crippen LogP contribution in [-0.2, 0) is 6.42 Å². The van der Waals surface area contributed by atoms with Crippen molar-refractivity contribution < 1.29 is 15.0 Å². The fourth-order valence-electron chi connectivity index (χ4n) is 2.77. The van der Waals surface area contributed by atoms with Gasteiger partial charge in [-0.25, -0.2) is 4.79 Å². The third kappa shape index (κ3) is 4.78. The van der Waals surface area contributed by atoms with Crippen molar-refractivity contribution in [3.63, 3.8) is 0 Å². The molecule has 0 bridgehead atoms. The first kappa shape index (κ1) is 18.8. The maximum absolute atomic E-state index is 12.4. The van der Waals surface area contributed by atoms with Crippen molar-refractivity contribution in [2.24, 2.45) is 0 Å². The molecule has 4 N–H and O–H groups in total. The van der Waals surface area contributed by atoms with Crippen molar-refractivity contribution in [3.05, 3.63) is 77.3 Å². The normalized spacial score (nSPS) is 10.4. The van der Waals surface area contributed by atoms with Gasteiger partial charge in [0.05, 0.1) is 5.02 Å². The monoisotopic (exact) mass is 382 g/mol. The van der Waals surface area contributed by atoms with Gasteiger partial charge in [0.25, 0.3) is 0 Å². The number of halogens is 1. The smallest absolute Gasteiger partial charge is 0.323 e.